The molecule has 0 spiro atoms. The topological polar surface area (TPSA) is 41.6 Å². The Morgan fingerprint density at radius 1 is 1.24 bits per heavy atom. The SMILES string of the molecule is CNC1CCCN(C(=O)C2CCOCC2)c2ccccc21. The lowest BCUT2D eigenvalue weighted by atomic mass is 9.97. The summed E-state index contributed by atoms with van der Waals surface area (Å²) in [6.07, 6.45) is 3.82. The third kappa shape index (κ3) is 2.97. The van der Waals surface area contributed by atoms with Crippen LogP contribution in [-0.4, -0.2) is 32.7 Å². The van der Waals surface area contributed by atoms with Gasteiger partial charge in [-0.25, -0.2) is 0 Å². The standard InChI is InChI=1S/C17H24N2O2/c1-18-15-6-4-10-19(16-7-3-2-5-14(15)16)17(20)13-8-11-21-12-9-13/h2-3,5,7,13,15,18H,4,6,8-12H2,1H3. The van der Waals surface area contributed by atoms with Crippen LogP contribution in [0.5, 0.6) is 0 Å². The molecule has 1 N–H and O–H groups in total. The highest BCUT2D eigenvalue weighted by molar-refractivity contribution is 5.96. The number of carbonyl (C=O) groups is 1. The van der Waals surface area contributed by atoms with Crippen molar-refractivity contribution in [3.05, 3.63) is 29.8 Å². The van der Waals surface area contributed by atoms with E-state index in [1.807, 2.05) is 18.0 Å². The van der Waals surface area contributed by atoms with Gasteiger partial charge in [0.2, 0.25) is 5.91 Å². The van der Waals surface area contributed by atoms with Gasteiger partial charge >= 0.3 is 0 Å². The molecule has 1 amide bonds. The molecule has 0 aromatic heterocycles. The molecule has 114 valence electrons. The van der Waals surface area contributed by atoms with Crippen LogP contribution in [0.25, 0.3) is 0 Å². The highest BCUT2D eigenvalue weighted by atomic mass is 16.5. The van der Waals surface area contributed by atoms with Crippen molar-refractivity contribution in [3.8, 4) is 0 Å². The first-order chi connectivity index (χ1) is 10.3. The highest BCUT2D eigenvalue weighted by Gasteiger charge is 2.30. The first kappa shape index (κ1) is 14.5. The molecule has 4 nitrogen and oxygen atoms in total. The van der Waals surface area contributed by atoms with Crippen molar-refractivity contribution >= 4 is 11.6 Å². The molecule has 1 aromatic carbocycles. The van der Waals surface area contributed by atoms with E-state index in [0.717, 1.165) is 37.9 Å². The second-order valence-corrected chi connectivity index (χ2v) is 5.92. The van der Waals surface area contributed by atoms with Gasteiger partial charge in [-0.15, -0.1) is 0 Å². The van der Waals surface area contributed by atoms with Crippen molar-refractivity contribution in [3.63, 3.8) is 0 Å². The van der Waals surface area contributed by atoms with Crippen LogP contribution in [0.4, 0.5) is 5.69 Å². The third-order valence-corrected chi connectivity index (χ3v) is 4.66. The van der Waals surface area contributed by atoms with Crippen LogP contribution < -0.4 is 10.2 Å². The number of ether oxygens (including phenoxy) is 1. The van der Waals surface area contributed by atoms with Crippen LogP contribution in [0, 0.1) is 5.92 Å². The van der Waals surface area contributed by atoms with Crippen molar-refractivity contribution in [2.24, 2.45) is 5.92 Å². The zero-order chi connectivity index (χ0) is 14.7. The lowest BCUT2D eigenvalue weighted by Crippen LogP contribution is -2.39. The molecule has 0 radical (unpaired) electrons. The number of fused-ring (bicyclic) bond motifs is 1. The van der Waals surface area contributed by atoms with Gasteiger partial charge < -0.3 is 15.0 Å². The Balaban J connectivity index is 1.89. The molecular weight excluding hydrogens is 264 g/mol. The molecule has 1 aromatic rings. The number of para-hydroxylation sites is 1. The van der Waals surface area contributed by atoms with Crippen LogP contribution in [0.2, 0.25) is 0 Å². The molecule has 3 rings (SSSR count). The number of carbonyl (C=O) groups excluding carboxylic acids is 1. The monoisotopic (exact) mass is 288 g/mol. The van der Waals surface area contributed by atoms with Gasteiger partial charge in [-0.3, -0.25) is 4.79 Å². The number of rotatable bonds is 2. The summed E-state index contributed by atoms with van der Waals surface area (Å²) in [5.74, 6) is 0.403. The molecule has 1 saturated heterocycles. The number of anilines is 1. The Kier molecular flexibility index (Phi) is 4.56. The van der Waals surface area contributed by atoms with E-state index in [0.29, 0.717) is 19.3 Å². The first-order valence-corrected chi connectivity index (χ1v) is 7.96. The van der Waals surface area contributed by atoms with Gasteiger partial charge in [0, 0.05) is 37.4 Å². The molecule has 0 bridgehead atoms. The molecular formula is C17H24N2O2. The highest BCUT2D eigenvalue weighted by Crippen LogP contribution is 2.34. The van der Waals surface area contributed by atoms with Gasteiger partial charge in [0.1, 0.15) is 0 Å². The van der Waals surface area contributed by atoms with Gasteiger partial charge in [0.25, 0.3) is 0 Å². The Morgan fingerprint density at radius 2 is 2.00 bits per heavy atom. The van der Waals surface area contributed by atoms with Crippen molar-refractivity contribution in [2.45, 2.75) is 31.7 Å². The van der Waals surface area contributed by atoms with E-state index in [9.17, 15) is 4.79 Å². The summed E-state index contributed by atoms with van der Waals surface area (Å²) in [6.45, 7) is 2.25. The molecule has 1 fully saturated rings. The van der Waals surface area contributed by atoms with Crippen molar-refractivity contribution < 1.29 is 9.53 Å². The molecule has 1 atom stereocenters. The average Bonchev–Trinajstić information content (AvgIpc) is 2.74. The van der Waals surface area contributed by atoms with Gasteiger partial charge in [-0.1, -0.05) is 18.2 Å². The summed E-state index contributed by atoms with van der Waals surface area (Å²) in [5, 5.41) is 3.38. The minimum atomic E-state index is 0.123. The Hall–Kier alpha value is -1.39. The Morgan fingerprint density at radius 3 is 2.76 bits per heavy atom. The van der Waals surface area contributed by atoms with Crippen LogP contribution in [0.3, 0.4) is 0 Å². The number of amides is 1. The van der Waals surface area contributed by atoms with E-state index in [2.05, 4.69) is 23.5 Å². The lowest BCUT2D eigenvalue weighted by Gasteiger charge is -2.30. The van der Waals surface area contributed by atoms with Crippen LogP contribution in [-0.2, 0) is 9.53 Å². The average molecular weight is 288 g/mol. The van der Waals surface area contributed by atoms with E-state index in [-0.39, 0.29) is 11.8 Å². The maximum atomic E-state index is 12.9. The number of nitrogens with one attached hydrogen (secondary N) is 1. The molecule has 4 heteroatoms. The zero-order valence-corrected chi connectivity index (χ0v) is 12.7. The van der Waals surface area contributed by atoms with E-state index >= 15 is 0 Å². The summed E-state index contributed by atoms with van der Waals surface area (Å²) >= 11 is 0. The number of hydrogen-bond donors (Lipinski definition) is 1. The van der Waals surface area contributed by atoms with Crippen molar-refractivity contribution in [1.29, 1.82) is 0 Å². The largest absolute Gasteiger partial charge is 0.381 e. The minimum Gasteiger partial charge on any atom is -0.381 e. The van der Waals surface area contributed by atoms with Crippen LogP contribution in [0.1, 0.15) is 37.3 Å². The third-order valence-electron chi connectivity index (χ3n) is 4.66. The molecule has 0 saturated carbocycles. The van der Waals surface area contributed by atoms with Gasteiger partial charge in [0.15, 0.2) is 0 Å². The second kappa shape index (κ2) is 6.58. The van der Waals surface area contributed by atoms with E-state index in [1.165, 1.54) is 5.56 Å². The predicted molar refractivity (Wildman–Crippen MR) is 83.4 cm³/mol. The molecule has 0 aliphatic carbocycles. The van der Waals surface area contributed by atoms with Crippen LogP contribution >= 0.6 is 0 Å². The molecule has 2 aliphatic heterocycles. The molecule has 21 heavy (non-hydrogen) atoms. The number of benzene rings is 1. The quantitative estimate of drug-likeness (QED) is 0.909. The molecule has 1 unspecified atom stereocenters. The van der Waals surface area contributed by atoms with E-state index in [4.69, 9.17) is 4.74 Å². The fourth-order valence-corrected chi connectivity index (χ4v) is 3.45. The second-order valence-electron chi connectivity index (χ2n) is 5.92. The summed E-state index contributed by atoms with van der Waals surface area (Å²) < 4.78 is 5.39. The summed E-state index contributed by atoms with van der Waals surface area (Å²) in [7, 11) is 2.00. The fourth-order valence-electron chi connectivity index (χ4n) is 3.45. The van der Waals surface area contributed by atoms with E-state index < -0.39 is 0 Å². The maximum absolute atomic E-state index is 12.9. The minimum absolute atomic E-state index is 0.123. The van der Waals surface area contributed by atoms with Gasteiger partial charge in [-0.05, 0) is 44.4 Å². The smallest absolute Gasteiger partial charge is 0.230 e. The normalized spacial score (nSPS) is 23.5. The van der Waals surface area contributed by atoms with Gasteiger partial charge in [0.05, 0.1) is 0 Å². The molecule has 2 heterocycles. The Bertz CT molecular complexity index is 497. The number of nitrogens with zero attached hydrogens (tertiary/aromatic N) is 1. The van der Waals surface area contributed by atoms with E-state index in [1.54, 1.807) is 0 Å². The zero-order valence-electron chi connectivity index (χ0n) is 12.7. The van der Waals surface area contributed by atoms with Crippen molar-refractivity contribution in [1.82, 2.24) is 5.32 Å². The van der Waals surface area contributed by atoms with Gasteiger partial charge in [-0.2, -0.15) is 0 Å². The molecule has 2 aliphatic rings. The summed E-state index contributed by atoms with van der Waals surface area (Å²) in [6, 6.07) is 8.66. The summed E-state index contributed by atoms with van der Waals surface area (Å²) in [5.41, 5.74) is 2.34. The maximum Gasteiger partial charge on any atom is 0.230 e. The van der Waals surface area contributed by atoms with Crippen LogP contribution in [0.15, 0.2) is 24.3 Å². The van der Waals surface area contributed by atoms with Crippen molar-refractivity contribution in [2.75, 3.05) is 31.7 Å². The Labute approximate surface area is 126 Å². The fraction of sp³-hybridized carbons (Fsp3) is 0.588. The first-order valence-electron chi connectivity index (χ1n) is 7.96. The summed E-state index contributed by atoms with van der Waals surface area (Å²) in [4.78, 5) is 14.9. The lowest BCUT2D eigenvalue weighted by molar-refractivity contribution is -0.125. The predicted octanol–water partition coefficient (Wildman–Crippen LogP) is 2.50. The number of hydrogen-bond acceptors (Lipinski definition) is 3.